The van der Waals surface area contributed by atoms with E-state index in [2.05, 4.69) is 5.32 Å². The van der Waals surface area contributed by atoms with E-state index in [4.69, 9.17) is 10.5 Å². The minimum atomic E-state index is 0.667. The van der Waals surface area contributed by atoms with Crippen LogP contribution in [0.15, 0.2) is 0 Å². The molecule has 1 heterocycles. The van der Waals surface area contributed by atoms with Gasteiger partial charge in [0.25, 0.3) is 0 Å². The molecule has 3 atom stereocenters. The van der Waals surface area contributed by atoms with Gasteiger partial charge in [-0.25, -0.2) is 0 Å². The van der Waals surface area contributed by atoms with Gasteiger partial charge in [0, 0.05) is 19.2 Å². The minimum absolute atomic E-state index is 0.667. The van der Waals surface area contributed by atoms with Crippen molar-refractivity contribution in [1.82, 2.24) is 5.32 Å². The van der Waals surface area contributed by atoms with Crippen LogP contribution in [-0.2, 0) is 4.74 Å². The average molecular weight is 226 g/mol. The molecule has 1 aliphatic carbocycles. The standard InChI is InChI=1S/C13H26N2O/c14-8-12-5-1-2-6-13(12)15-9-11-4-3-7-16-10-11/h11-13,15H,1-10,14H2. The number of hydrogen-bond donors (Lipinski definition) is 2. The molecule has 2 rings (SSSR count). The Kier molecular flexibility index (Phi) is 5.07. The molecular formula is C13H26N2O. The highest BCUT2D eigenvalue weighted by molar-refractivity contribution is 4.82. The van der Waals surface area contributed by atoms with E-state index in [0.29, 0.717) is 12.0 Å². The second-order valence-corrected chi connectivity index (χ2v) is 5.38. The van der Waals surface area contributed by atoms with Crippen molar-refractivity contribution in [3.8, 4) is 0 Å². The molecular weight excluding hydrogens is 200 g/mol. The van der Waals surface area contributed by atoms with Crippen molar-refractivity contribution in [3.63, 3.8) is 0 Å². The highest BCUT2D eigenvalue weighted by Crippen LogP contribution is 2.24. The van der Waals surface area contributed by atoms with Crippen LogP contribution in [0.25, 0.3) is 0 Å². The molecule has 3 heteroatoms. The van der Waals surface area contributed by atoms with Crippen LogP contribution in [0.2, 0.25) is 0 Å². The summed E-state index contributed by atoms with van der Waals surface area (Å²) in [7, 11) is 0. The van der Waals surface area contributed by atoms with Gasteiger partial charge in [0.2, 0.25) is 0 Å². The van der Waals surface area contributed by atoms with Crippen LogP contribution in [0.4, 0.5) is 0 Å². The van der Waals surface area contributed by atoms with Crippen molar-refractivity contribution < 1.29 is 4.74 Å². The molecule has 3 nitrogen and oxygen atoms in total. The summed E-state index contributed by atoms with van der Waals surface area (Å²) in [6.07, 6.45) is 7.93. The molecule has 0 aromatic carbocycles. The highest BCUT2D eigenvalue weighted by Gasteiger charge is 2.24. The topological polar surface area (TPSA) is 47.3 Å². The maximum atomic E-state index is 5.84. The maximum absolute atomic E-state index is 5.84. The fourth-order valence-electron chi connectivity index (χ4n) is 3.04. The van der Waals surface area contributed by atoms with Crippen LogP contribution in [-0.4, -0.2) is 32.3 Å². The van der Waals surface area contributed by atoms with Crippen molar-refractivity contribution in [3.05, 3.63) is 0 Å². The molecule has 3 N–H and O–H groups in total. The van der Waals surface area contributed by atoms with Crippen LogP contribution in [0.3, 0.4) is 0 Å². The second-order valence-electron chi connectivity index (χ2n) is 5.38. The van der Waals surface area contributed by atoms with Crippen LogP contribution >= 0.6 is 0 Å². The molecule has 16 heavy (non-hydrogen) atoms. The lowest BCUT2D eigenvalue weighted by Gasteiger charge is -2.33. The Morgan fingerprint density at radius 1 is 1.12 bits per heavy atom. The Labute approximate surface area is 99.1 Å². The van der Waals surface area contributed by atoms with Gasteiger partial charge in [-0.15, -0.1) is 0 Å². The second kappa shape index (κ2) is 6.58. The monoisotopic (exact) mass is 226 g/mol. The zero-order valence-corrected chi connectivity index (χ0v) is 10.3. The first kappa shape index (κ1) is 12.3. The lowest BCUT2D eigenvalue weighted by Crippen LogP contribution is -2.44. The van der Waals surface area contributed by atoms with Crippen molar-refractivity contribution >= 4 is 0 Å². The van der Waals surface area contributed by atoms with E-state index in [1.807, 2.05) is 0 Å². The molecule has 3 unspecified atom stereocenters. The third-order valence-electron chi connectivity index (χ3n) is 4.14. The predicted octanol–water partition coefficient (Wildman–Crippen LogP) is 1.52. The van der Waals surface area contributed by atoms with Gasteiger partial charge in [-0.3, -0.25) is 0 Å². The summed E-state index contributed by atoms with van der Waals surface area (Å²) in [6, 6.07) is 0.667. The number of rotatable bonds is 4. The quantitative estimate of drug-likeness (QED) is 0.764. The van der Waals surface area contributed by atoms with E-state index in [-0.39, 0.29) is 0 Å². The van der Waals surface area contributed by atoms with E-state index in [1.54, 1.807) is 0 Å². The first-order valence-corrected chi connectivity index (χ1v) is 6.91. The van der Waals surface area contributed by atoms with Crippen molar-refractivity contribution in [2.45, 2.75) is 44.6 Å². The Hall–Kier alpha value is -0.120. The van der Waals surface area contributed by atoms with Gasteiger partial charge in [0.05, 0.1) is 6.61 Å². The van der Waals surface area contributed by atoms with Gasteiger partial charge in [0.1, 0.15) is 0 Å². The molecule has 0 radical (unpaired) electrons. The average Bonchev–Trinajstić information content (AvgIpc) is 2.38. The molecule has 0 bridgehead atoms. The van der Waals surface area contributed by atoms with E-state index >= 15 is 0 Å². The fourth-order valence-corrected chi connectivity index (χ4v) is 3.04. The molecule has 1 aliphatic heterocycles. The smallest absolute Gasteiger partial charge is 0.0506 e. The van der Waals surface area contributed by atoms with Gasteiger partial charge in [-0.1, -0.05) is 12.8 Å². The number of nitrogens with one attached hydrogen (secondary N) is 1. The number of nitrogens with two attached hydrogens (primary N) is 1. The normalized spacial score (nSPS) is 36.2. The number of ether oxygens (including phenoxy) is 1. The molecule has 0 amide bonds. The number of hydrogen-bond acceptors (Lipinski definition) is 3. The van der Waals surface area contributed by atoms with Gasteiger partial charge < -0.3 is 15.8 Å². The lowest BCUT2D eigenvalue weighted by molar-refractivity contribution is 0.0521. The summed E-state index contributed by atoms with van der Waals surface area (Å²) in [5.74, 6) is 1.44. The van der Waals surface area contributed by atoms with Gasteiger partial charge in [0.15, 0.2) is 0 Å². The fraction of sp³-hybridized carbons (Fsp3) is 1.00. The van der Waals surface area contributed by atoms with Crippen molar-refractivity contribution in [1.29, 1.82) is 0 Å². The summed E-state index contributed by atoms with van der Waals surface area (Å²) in [5, 5.41) is 3.73. The summed E-state index contributed by atoms with van der Waals surface area (Å²) in [5.41, 5.74) is 5.84. The third kappa shape index (κ3) is 3.44. The van der Waals surface area contributed by atoms with E-state index in [1.165, 1.54) is 38.5 Å². The Morgan fingerprint density at radius 2 is 2.00 bits per heavy atom. The maximum Gasteiger partial charge on any atom is 0.0506 e. The van der Waals surface area contributed by atoms with Crippen molar-refractivity contribution in [2.75, 3.05) is 26.3 Å². The van der Waals surface area contributed by atoms with Crippen LogP contribution in [0.1, 0.15) is 38.5 Å². The highest BCUT2D eigenvalue weighted by atomic mass is 16.5. The minimum Gasteiger partial charge on any atom is -0.381 e. The lowest BCUT2D eigenvalue weighted by atomic mass is 9.84. The summed E-state index contributed by atoms with van der Waals surface area (Å²) >= 11 is 0. The molecule has 1 saturated carbocycles. The molecule has 2 aliphatic rings. The first-order chi connectivity index (χ1) is 7.90. The molecule has 94 valence electrons. The van der Waals surface area contributed by atoms with E-state index in [9.17, 15) is 0 Å². The molecule has 0 spiro atoms. The Bertz CT molecular complexity index is 192. The van der Waals surface area contributed by atoms with Gasteiger partial charge in [-0.2, -0.15) is 0 Å². The van der Waals surface area contributed by atoms with Gasteiger partial charge in [-0.05, 0) is 44.1 Å². The van der Waals surface area contributed by atoms with Gasteiger partial charge >= 0.3 is 0 Å². The summed E-state index contributed by atoms with van der Waals surface area (Å²) in [4.78, 5) is 0. The third-order valence-corrected chi connectivity index (χ3v) is 4.14. The largest absolute Gasteiger partial charge is 0.381 e. The van der Waals surface area contributed by atoms with Crippen LogP contribution < -0.4 is 11.1 Å². The Balaban J connectivity index is 1.70. The molecule has 1 saturated heterocycles. The summed E-state index contributed by atoms with van der Waals surface area (Å²) < 4.78 is 5.51. The molecule has 0 aromatic rings. The molecule has 2 fully saturated rings. The predicted molar refractivity (Wildman–Crippen MR) is 66.3 cm³/mol. The summed E-state index contributed by atoms with van der Waals surface area (Å²) in [6.45, 7) is 3.89. The van der Waals surface area contributed by atoms with Crippen LogP contribution in [0.5, 0.6) is 0 Å². The van der Waals surface area contributed by atoms with E-state index in [0.717, 1.165) is 32.2 Å². The zero-order valence-electron chi connectivity index (χ0n) is 10.3. The zero-order chi connectivity index (χ0) is 11.2. The van der Waals surface area contributed by atoms with Crippen molar-refractivity contribution in [2.24, 2.45) is 17.6 Å². The first-order valence-electron chi connectivity index (χ1n) is 6.91. The van der Waals surface area contributed by atoms with Crippen LogP contribution in [0, 0.1) is 11.8 Å². The SMILES string of the molecule is NCC1CCCCC1NCC1CCCOC1. The Morgan fingerprint density at radius 3 is 2.75 bits per heavy atom. The molecule has 0 aromatic heterocycles. The van der Waals surface area contributed by atoms with E-state index < -0.39 is 0 Å².